The minimum Gasteiger partial charge on any atom is -0.365 e. The van der Waals surface area contributed by atoms with Gasteiger partial charge in [-0.1, -0.05) is 6.07 Å². The van der Waals surface area contributed by atoms with Crippen LogP contribution in [0, 0.1) is 10.1 Å². The molecule has 0 spiro atoms. The summed E-state index contributed by atoms with van der Waals surface area (Å²) < 4.78 is 0. The van der Waals surface area contributed by atoms with Gasteiger partial charge in [0.05, 0.1) is 4.92 Å². The first-order valence-corrected chi connectivity index (χ1v) is 6.44. The zero-order chi connectivity index (χ0) is 14.9. The van der Waals surface area contributed by atoms with Crippen LogP contribution in [-0.4, -0.2) is 48.5 Å². The van der Waals surface area contributed by atoms with Gasteiger partial charge in [-0.25, -0.2) is 0 Å². The molecule has 0 aliphatic carbocycles. The van der Waals surface area contributed by atoms with Gasteiger partial charge in [-0.3, -0.25) is 14.9 Å². The zero-order valence-electron chi connectivity index (χ0n) is 11.6. The first kappa shape index (κ1) is 14.3. The van der Waals surface area contributed by atoms with E-state index in [4.69, 9.17) is 5.73 Å². The third kappa shape index (κ3) is 2.57. The minimum absolute atomic E-state index is 0.0429. The maximum Gasteiger partial charge on any atom is 0.305 e. The number of hydrogen-bond acceptors (Lipinski definition) is 5. The Labute approximate surface area is 117 Å². The van der Waals surface area contributed by atoms with Crippen LogP contribution in [-0.2, 0) is 0 Å². The average molecular weight is 278 g/mol. The highest BCUT2D eigenvalue weighted by molar-refractivity contribution is 5.99. The molecule has 2 rings (SSSR count). The maximum absolute atomic E-state index is 11.4. The predicted octanol–water partition coefficient (Wildman–Crippen LogP) is 0.834. The molecular formula is C13H18N4O3. The van der Waals surface area contributed by atoms with E-state index in [2.05, 4.69) is 4.90 Å². The van der Waals surface area contributed by atoms with Gasteiger partial charge in [0, 0.05) is 25.7 Å². The van der Waals surface area contributed by atoms with Gasteiger partial charge >= 0.3 is 5.69 Å². The van der Waals surface area contributed by atoms with Crippen LogP contribution in [0.15, 0.2) is 18.2 Å². The van der Waals surface area contributed by atoms with Gasteiger partial charge in [-0.15, -0.1) is 0 Å². The largest absolute Gasteiger partial charge is 0.365 e. The van der Waals surface area contributed by atoms with E-state index in [1.54, 1.807) is 12.1 Å². The topological polar surface area (TPSA) is 92.7 Å². The number of rotatable bonds is 3. The Bertz CT molecular complexity index is 546. The van der Waals surface area contributed by atoms with E-state index in [1.165, 1.54) is 6.07 Å². The molecule has 0 bridgehead atoms. The number of carbonyl (C=O) groups excluding carboxylic acids is 1. The number of carbonyl (C=O) groups is 1. The molecule has 1 heterocycles. The van der Waals surface area contributed by atoms with Crippen LogP contribution in [0.3, 0.4) is 0 Å². The number of nitro benzene ring substituents is 1. The Hall–Kier alpha value is -2.15. The van der Waals surface area contributed by atoms with E-state index in [1.807, 2.05) is 18.9 Å². The van der Waals surface area contributed by atoms with E-state index in [-0.39, 0.29) is 17.3 Å². The van der Waals surface area contributed by atoms with Crippen LogP contribution in [0.5, 0.6) is 0 Å². The molecule has 1 atom stereocenters. The van der Waals surface area contributed by atoms with E-state index in [0.29, 0.717) is 12.2 Å². The average Bonchev–Trinajstić information content (AvgIpc) is 2.37. The second-order valence-electron chi connectivity index (χ2n) is 5.10. The fraction of sp³-hybridized carbons (Fsp3) is 0.462. The summed E-state index contributed by atoms with van der Waals surface area (Å²) in [4.78, 5) is 26.3. The maximum atomic E-state index is 11.4. The molecule has 108 valence electrons. The van der Waals surface area contributed by atoms with Gasteiger partial charge in [-0.05, 0) is 26.1 Å². The number of amides is 1. The molecule has 7 nitrogen and oxygen atoms in total. The highest BCUT2D eigenvalue weighted by Crippen LogP contribution is 2.33. The molecule has 1 aliphatic heterocycles. The van der Waals surface area contributed by atoms with Gasteiger partial charge in [0.2, 0.25) is 0 Å². The van der Waals surface area contributed by atoms with Crippen molar-refractivity contribution in [2.24, 2.45) is 5.73 Å². The number of anilines is 1. The monoisotopic (exact) mass is 278 g/mol. The van der Waals surface area contributed by atoms with Crippen LogP contribution >= 0.6 is 0 Å². The number of primary amides is 1. The van der Waals surface area contributed by atoms with Crippen LogP contribution in [0.2, 0.25) is 0 Å². The lowest BCUT2D eigenvalue weighted by Crippen LogP contribution is -2.50. The SMILES string of the molecule is CC1CN(C)CCN1c1cccc(C(N)=O)c1[N+](=O)[O-]. The molecule has 1 saturated heterocycles. The van der Waals surface area contributed by atoms with Crippen LogP contribution in [0.25, 0.3) is 0 Å². The smallest absolute Gasteiger partial charge is 0.305 e. The first-order chi connectivity index (χ1) is 9.41. The van der Waals surface area contributed by atoms with Crippen molar-refractivity contribution in [2.45, 2.75) is 13.0 Å². The summed E-state index contributed by atoms with van der Waals surface area (Å²) in [6, 6.07) is 4.83. The molecule has 1 aromatic carbocycles. The first-order valence-electron chi connectivity index (χ1n) is 6.44. The standard InChI is InChI=1S/C13H18N4O3/c1-9-8-15(2)6-7-16(9)11-5-3-4-10(13(14)18)12(11)17(19)20/h3-5,9H,6-8H2,1-2H3,(H2,14,18). The van der Waals surface area contributed by atoms with Gasteiger partial charge < -0.3 is 15.5 Å². The van der Waals surface area contributed by atoms with Crippen molar-refractivity contribution in [2.75, 3.05) is 31.6 Å². The molecule has 2 N–H and O–H groups in total. The van der Waals surface area contributed by atoms with Crippen molar-refractivity contribution >= 4 is 17.3 Å². The van der Waals surface area contributed by atoms with Gasteiger partial charge in [0.25, 0.3) is 5.91 Å². The number of para-hydroxylation sites is 1. The molecular weight excluding hydrogens is 260 g/mol. The van der Waals surface area contributed by atoms with Gasteiger partial charge in [0.1, 0.15) is 11.3 Å². The molecule has 1 amide bonds. The Kier molecular flexibility index (Phi) is 3.89. The fourth-order valence-electron chi connectivity index (χ4n) is 2.65. The minimum atomic E-state index is -0.777. The Morgan fingerprint density at radius 1 is 1.45 bits per heavy atom. The second-order valence-corrected chi connectivity index (χ2v) is 5.10. The lowest BCUT2D eigenvalue weighted by molar-refractivity contribution is -0.384. The Morgan fingerprint density at radius 2 is 2.15 bits per heavy atom. The van der Waals surface area contributed by atoms with Gasteiger partial charge in [-0.2, -0.15) is 0 Å². The number of nitro groups is 1. The molecule has 0 radical (unpaired) electrons. The number of benzene rings is 1. The zero-order valence-corrected chi connectivity index (χ0v) is 11.6. The van der Waals surface area contributed by atoms with E-state index >= 15 is 0 Å². The van der Waals surface area contributed by atoms with Crippen molar-refractivity contribution in [1.29, 1.82) is 0 Å². The Balaban J connectivity index is 2.48. The van der Waals surface area contributed by atoms with E-state index in [9.17, 15) is 14.9 Å². The highest BCUT2D eigenvalue weighted by Gasteiger charge is 2.30. The third-order valence-corrected chi connectivity index (χ3v) is 3.60. The normalized spacial score (nSPS) is 19.9. The fourth-order valence-corrected chi connectivity index (χ4v) is 2.65. The summed E-state index contributed by atoms with van der Waals surface area (Å²) >= 11 is 0. The molecule has 0 saturated carbocycles. The van der Waals surface area contributed by atoms with Crippen molar-refractivity contribution < 1.29 is 9.72 Å². The lowest BCUT2D eigenvalue weighted by Gasteiger charge is -2.39. The molecule has 7 heteroatoms. The lowest BCUT2D eigenvalue weighted by atomic mass is 10.1. The predicted molar refractivity (Wildman–Crippen MR) is 75.9 cm³/mol. The summed E-state index contributed by atoms with van der Waals surface area (Å²) in [5.41, 5.74) is 5.46. The molecule has 20 heavy (non-hydrogen) atoms. The molecule has 1 aliphatic rings. The van der Waals surface area contributed by atoms with Crippen molar-refractivity contribution in [3.8, 4) is 0 Å². The van der Waals surface area contributed by atoms with Crippen molar-refractivity contribution in [3.63, 3.8) is 0 Å². The molecule has 1 unspecified atom stereocenters. The van der Waals surface area contributed by atoms with Crippen molar-refractivity contribution in [3.05, 3.63) is 33.9 Å². The number of hydrogen-bond donors (Lipinski definition) is 1. The molecule has 1 aromatic rings. The van der Waals surface area contributed by atoms with E-state index in [0.717, 1.165) is 13.1 Å². The Morgan fingerprint density at radius 3 is 2.70 bits per heavy atom. The number of nitrogens with zero attached hydrogens (tertiary/aromatic N) is 3. The van der Waals surface area contributed by atoms with Crippen LogP contribution in [0.1, 0.15) is 17.3 Å². The van der Waals surface area contributed by atoms with Crippen LogP contribution < -0.4 is 10.6 Å². The summed E-state index contributed by atoms with van der Waals surface area (Å²) in [5, 5.41) is 11.3. The summed E-state index contributed by atoms with van der Waals surface area (Å²) in [6.07, 6.45) is 0. The molecule has 0 aromatic heterocycles. The number of likely N-dealkylation sites (N-methyl/N-ethyl adjacent to an activating group) is 1. The van der Waals surface area contributed by atoms with Gasteiger partial charge in [0.15, 0.2) is 0 Å². The number of piperazine rings is 1. The molecule has 1 fully saturated rings. The third-order valence-electron chi connectivity index (χ3n) is 3.60. The quantitative estimate of drug-likeness (QED) is 0.653. The summed E-state index contributed by atoms with van der Waals surface area (Å²) in [5.74, 6) is -0.777. The van der Waals surface area contributed by atoms with E-state index < -0.39 is 10.8 Å². The van der Waals surface area contributed by atoms with Crippen LogP contribution in [0.4, 0.5) is 11.4 Å². The number of nitrogens with two attached hydrogens (primary N) is 1. The summed E-state index contributed by atoms with van der Waals surface area (Å²) in [7, 11) is 2.02. The highest BCUT2D eigenvalue weighted by atomic mass is 16.6. The second kappa shape index (κ2) is 5.46. The summed E-state index contributed by atoms with van der Waals surface area (Å²) in [6.45, 7) is 4.33. The van der Waals surface area contributed by atoms with Crippen molar-refractivity contribution in [1.82, 2.24) is 4.90 Å².